The predicted molar refractivity (Wildman–Crippen MR) is 130 cm³/mol. The molecule has 0 fully saturated rings. The summed E-state index contributed by atoms with van der Waals surface area (Å²) in [4.78, 5) is 23.4. The van der Waals surface area contributed by atoms with Gasteiger partial charge in [-0.1, -0.05) is 41.9 Å². The predicted octanol–water partition coefficient (Wildman–Crippen LogP) is 6.81. The van der Waals surface area contributed by atoms with Crippen molar-refractivity contribution in [2.75, 3.05) is 15.5 Å². The van der Waals surface area contributed by atoms with Gasteiger partial charge in [0.25, 0.3) is 0 Å². The van der Waals surface area contributed by atoms with E-state index in [2.05, 4.69) is 20.6 Å². The molecule has 33 heavy (non-hydrogen) atoms. The topological polar surface area (TPSA) is 70.2 Å². The van der Waals surface area contributed by atoms with Crippen molar-refractivity contribution >= 4 is 40.8 Å². The van der Waals surface area contributed by atoms with E-state index in [1.807, 2.05) is 37.3 Å². The molecule has 4 aromatic rings. The minimum atomic E-state index is -0.468. The number of benzene rings is 3. The molecule has 4 rings (SSSR count). The zero-order chi connectivity index (χ0) is 23.2. The highest BCUT2D eigenvalue weighted by Gasteiger charge is 2.21. The molecule has 0 bridgehead atoms. The lowest BCUT2D eigenvalue weighted by atomic mass is 10.1. The molecule has 0 aliphatic carbocycles. The van der Waals surface area contributed by atoms with E-state index in [9.17, 15) is 9.18 Å². The van der Waals surface area contributed by atoms with Crippen molar-refractivity contribution in [2.24, 2.45) is 0 Å². The van der Waals surface area contributed by atoms with E-state index in [4.69, 9.17) is 11.6 Å². The van der Waals surface area contributed by atoms with Crippen LogP contribution in [0.1, 0.15) is 18.5 Å². The number of urea groups is 1. The second kappa shape index (κ2) is 10.1. The van der Waals surface area contributed by atoms with Crippen LogP contribution in [0.15, 0.2) is 91.1 Å². The van der Waals surface area contributed by atoms with E-state index in [1.54, 1.807) is 36.5 Å². The van der Waals surface area contributed by atoms with Crippen molar-refractivity contribution in [2.45, 2.75) is 13.0 Å². The Labute approximate surface area is 196 Å². The third-order valence-electron chi connectivity index (χ3n) is 4.90. The van der Waals surface area contributed by atoms with Gasteiger partial charge in [0.05, 0.1) is 11.7 Å². The monoisotopic (exact) mass is 461 g/mol. The Hall–Kier alpha value is -3.97. The minimum Gasteiger partial charge on any atom is -0.348 e. The van der Waals surface area contributed by atoms with Crippen LogP contribution < -0.4 is 15.5 Å². The first-order valence-corrected chi connectivity index (χ1v) is 10.6. The Morgan fingerprint density at radius 2 is 1.67 bits per heavy atom. The van der Waals surface area contributed by atoms with Crippen LogP contribution in [0, 0.1) is 5.82 Å². The van der Waals surface area contributed by atoms with Crippen LogP contribution in [0.4, 0.5) is 32.3 Å². The third-order valence-corrected chi connectivity index (χ3v) is 5.15. The van der Waals surface area contributed by atoms with Crippen molar-refractivity contribution in [3.8, 4) is 0 Å². The Balaban J connectivity index is 1.63. The van der Waals surface area contributed by atoms with Crippen LogP contribution in [-0.4, -0.2) is 16.0 Å². The zero-order valence-electron chi connectivity index (χ0n) is 17.7. The van der Waals surface area contributed by atoms with Crippen molar-refractivity contribution in [1.29, 1.82) is 0 Å². The molecule has 2 N–H and O–H groups in total. The normalized spacial score (nSPS) is 11.5. The molecule has 0 aliphatic rings. The number of rotatable bonds is 6. The zero-order valence-corrected chi connectivity index (χ0v) is 18.5. The van der Waals surface area contributed by atoms with E-state index < -0.39 is 11.8 Å². The van der Waals surface area contributed by atoms with E-state index in [0.717, 1.165) is 5.56 Å². The second-order valence-corrected chi connectivity index (χ2v) is 7.70. The highest BCUT2D eigenvalue weighted by atomic mass is 35.5. The number of hydrogen-bond donors (Lipinski definition) is 2. The lowest BCUT2D eigenvalue weighted by molar-refractivity contribution is 0.259. The number of carbonyl (C=O) groups is 1. The van der Waals surface area contributed by atoms with E-state index in [1.165, 1.54) is 29.2 Å². The Bertz CT molecular complexity index is 1220. The fraction of sp³-hybridized carbons (Fsp3) is 0.0800. The molecule has 2 amide bonds. The van der Waals surface area contributed by atoms with Gasteiger partial charge in [-0.15, -0.1) is 0 Å². The Kier molecular flexibility index (Phi) is 6.80. The summed E-state index contributed by atoms with van der Waals surface area (Å²) in [5.74, 6) is 0.277. The van der Waals surface area contributed by atoms with Crippen LogP contribution in [0.5, 0.6) is 0 Å². The summed E-state index contributed by atoms with van der Waals surface area (Å²) in [7, 11) is 0. The van der Waals surface area contributed by atoms with Crippen molar-refractivity contribution in [1.82, 2.24) is 9.97 Å². The lowest BCUT2D eigenvalue weighted by Crippen LogP contribution is -2.31. The molecule has 166 valence electrons. The molecule has 1 heterocycles. The van der Waals surface area contributed by atoms with Crippen molar-refractivity contribution in [3.63, 3.8) is 0 Å². The van der Waals surface area contributed by atoms with Gasteiger partial charge in [-0.2, -0.15) is 4.98 Å². The average Bonchev–Trinajstić information content (AvgIpc) is 2.83. The van der Waals surface area contributed by atoms with E-state index in [0.29, 0.717) is 28.2 Å². The van der Waals surface area contributed by atoms with Gasteiger partial charge in [0.15, 0.2) is 0 Å². The van der Waals surface area contributed by atoms with Crippen LogP contribution in [0.25, 0.3) is 0 Å². The van der Waals surface area contributed by atoms with Crippen LogP contribution >= 0.6 is 11.6 Å². The van der Waals surface area contributed by atoms with Gasteiger partial charge in [-0.3, -0.25) is 0 Å². The standard InChI is InChI=1S/C25H21ClFN5O/c1-17(18-5-3-2-4-6-18)29-24-28-16-15-23(31-24)32(22-13-9-20(27)10-14-22)25(33)30-21-11-7-19(26)8-12-21/h2-17H,1H3,(H,30,33)(H,28,29,31)/t17-/m0/s1. The molecule has 3 aromatic carbocycles. The first-order chi connectivity index (χ1) is 16.0. The summed E-state index contributed by atoms with van der Waals surface area (Å²) in [6, 6.07) is 23.3. The van der Waals surface area contributed by atoms with Gasteiger partial charge in [0.2, 0.25) is 5.95 Å². The summed E-state index contributed by atoms with van der Waals surface area (Å²) in [6.07, 6.45) is 1.56. The fourth-order valence-corrected chi connectivity index (χ4v) is 3.34. The number of aromatic nitrogens is 2. The largest absolute Gasteiger partial charge is 0.348 e. The van der Waals surface area contributed by atoms with Crippen LogP contribution in [0.2, 0.25) is 5.02 Å². The summed E-state index contributed by atoms with van der Waals surface area (Å²) < 4.78 is 13.5. The van der Waals surface area contributed by atoms with Crippen molar-refractivity contribution in [3.05, 3.63) is 108 Å². The lowest BCUT2D eigenvalue weighted by Gasteiger charge is -2.23. The maximum atomic E-state index is 13.5. The summed E-state index contributed by atoms with van der Waals surface area (Å²) in [5.41, 5.74) is 2.08. The number of nitrogens with one attached hydrogen (secondary N) is 2. The SMILES string of the molecule is C[C@H](Nc1nccc(N(C(=O)Nc2ccc(Cl)cc2)c2ccc(F)cc2)n1)c1ccccc1. The molecule has 0 unspecified atom stereocenters. The molecular formula is C25H21ClFN5O. The quantitative estimate of drug-likeness (QED) is 0.331. The number of nitrogens with zero attached hydrogens (tertiary/aromatic N) is 3. The second-order valence-electron chi connectivity index (χ2n) is 7.26. The number of anilines is 4. The van der Waals surface area contributed by atoms with Crippen LogP contribution in [0.3, 0.4) is 0 Å². The van der Waals surface area contributed by atoms with Gasteiger partial charge in [-0.25, -0.2) is 19.1 Å². The maximum Gasteiger partial charge on any atom is 0.332 e. The number of carbonyl (C=O) groups excluding carboxylic acids is 1. The van der Waals surface area contributed by atoms with Gasteiger partial charge in [0, 0.05) is 23.0 Å². The van der Waals surface area contributed by atoms with Gasteiger partial charge < -0.3 is 10.6 Å². The molecule has 0 spiro atoms. The fourth-order valence-electron chi connectivity index (χ4n) is 3.22. The molecule has 8 heteroatoms. The summed E-state index contributed by atoms with van der Waals surface area (Å²) in [6.45, 7) is 2.00. The number of halogens is 2. The molecule has 1 aromatic heterocycles. The summed E-state index contributed by atoms with van der Waals surface area (Å²) >= 11 is 5.94. The summed E-state index contributed by atoms with van der Waals surface area (Å²) in [5, 5.41) is 6.63. The molecule has 0 radical (unpaired) electrons. The molecule has 1 atom stereocenters. The first-order valence-electron chi connectivity index (χ1n) is 10.3. The molecular weight excluding hydrogens is 441 g/mol. The Morgan fingerprint density at radius 1 is 0.970 bits per heavy atom. The highest BCUT2D eigenvalue weighted by molar-refractivity contribution is 6.30. The molecule has 0 saturated heterocycles. The highest BCUT2D eigenvalue weighted by Crippen LogP contribution is 2.27. The third kappa shape index (κ3) is 5.64. The van der Waals surface area contributed by atoms with E-state index >= 15 is 0 Å². The molecule has 0 saturated carbocycles. The molecule has 6 nitrogen and oxygen atoms in total. The van der Waals surface area contributed by atoms with Crippen molar-refractivity contribution < 1.29 is 9.18 Å². The minimum absolute atomic E-state index is 0.0522. The Morgan fingerprint density at radius 3 is 2.36 bits per heavy atom. The number of amides is 2. The maximum absolute atomic E-state index is 13.5. The molecule has 0 aliphatic heterocycles. The first kappa shape index (κ1) is 22.2. The number of hydrogen-bond acceptors (Lipinski definition) is 4. The van der Waals surface area contributed by atoms with Gasteiger partial charge >= 0.3 is 6.03 Å². The van der Waals surface area contributed by atoms with Crippen LogP contribution in [-0.2, 0) is 0 Å². The average molecular weight is 462 g/mol. The smallest absolute Gasteiger partial charge is 0.332 e. The van der Waals surface area contributed by atoms with E-state index in [-0.39, 0.29) is 6.04 Å². The van der Waals surface area contributed by atoms with Gasteiger partial charge in [0.1, 0.15) is 11.6 Å². The van der Waals surface area contributed by atoms with Gasteiger partial charge in [-0.05, 0) is 61.0 Å².